The van der Waals surface area contributed by atoms with Gasteiger partial charge in [-0.1, -0.05) is 13.3 Å². The van der Waals surface area contributed by atoms with Gasteiger partial charge in [0, 0.05) is 12.6 Å². The van der Waals surface area contributed by atoms with E-state index in [1.165, 1.54) is 31.2 Å². The van der Waals surface area contributed by atoms with Crippen molar-refractivity contribution in [3.05, 3.63) is 75.5 Å². The molecule has 0 unspecified atom stereocenters. The van der Waals surface area contributed by atoms with E-state index in [1.807, 2.05) is 26.8 Å². The van der Waals surface area contributed by atoms with E-state index in [9.17, 15) is 22.8 Å². The van der Waals surface area contributed by atoms with Crippen LogP contribution in [0.1, 0.15) is 62.0 Å². The van der Waals surface area contributed by atoms with Crippen LogP contribution in [0, 0.1) is 6.07 Å². The van der Waals surface area contributed by atoms with Crippen LogP contribution >= 0.6 is 0 Å². The molecule has 2 aliphatic heterocycles. The summed E-state index contributed by atoms with van der Waals surface area (Å²) in [4.78, 5) is 37.0. The molecule has 0 spiro atoms. The number of sulfonamides is 1. The molecule has 0 fully saturated rings. The number of ether oxygens (including phenoxy) is 2. The molecule has 0 saturated heterocycles. The van der Waals surface area contributed by atoms with Crippen molar-refractivity contribution in [3.8, 4) is 11.5 Å². The highest BCUT2D eigenvalue weighted by molar-refractivity contribution is 7.89. The molecule has 11 heteroatoms. The van der Waals surface area contributed by atoms with Gasteiger partial charge in [-0.05, 0) is 62.2 Å². The van der Waals surface area contributed by atoms with Crippen molar-refractivity contribution in [1.29, 1.82) is 0 Å². The Kier molecular flexibility index (Phi) is 6.79. The van der Waals surface area contributed by atoms with Crippen molar-refractivity contribution in [2.45, 2.75) is 57.5 Å². The molecule has 3 aromatic rings. The fourth-order valence-electron chi connectivity index (χ4n) is 4.65. The van der Waals surface area contributed by atoms with E-state index >= 15 is 0 Å². The Balaban J connectivity index is 1.56. The molecule has 40 heavy (non-hydrogen) atoms. The predicted octanol–water partition coefficient (Wildman–Crippen LogP) is 4.47. The van der Waals surface area contributed by atoms with Crippen molar-refractivity contribution < 1.29 is 31.9 Å². The highest BCUT2D eigenvalue weighted by atomic mass is 32.2. The number of benzene rings is 2. The molecule has 0 saturated carbocycles. The van der Waals surface area contributed by atoms with Gasteiger partial charge in [0.1, 0.15) is 22.7 Å². The molecule has 3 heterocycles. The Hall–Kier alpha value is -4.38. The number of hydrogen-bond acceptors (Lipinski definition) is 8. The van der Waals surface area contributed by atoms with Crippen LogP contribution in [0.2, 0.25) is 0 Å². The van der Waals surface area contributed by atoms with Crippen LogP contribution in [0.3, 0.4) is 0 Å². The number of carbonyl (C=O) groups excluding carboxylic acids is 2. The first-order valence-electron chi connectivity index (χ1n) is 12.7. The van der Waals surface area contributed by atoms with Crippen LogP contribution in [0.15, 0.2) is 56.4 Å². The molecule has 1 aromatic heterocycles. The van der Waals surface area contributed by atoms with Crippen LogP contribution in [-0.2, 0) is 21.2 Å². The summed E-state index contributed by atoms with van der Waals surface area (Å²) in [6.07, 6.45) is 5.70. The summed E-state index contributed by atoms with van der Waals surface area (Å²) in [6, 6.07) is 8.34. The second-order valence-electron chi connectivity index (χ2n) is 10.1. The number of carbonyl (C=O) groups is 2. The van der Waals surface area contributed by atoms with E-state index in [0.29, 0.717) is 34.4 Å². The van der Waals surface area contributed by atoms with Crippen LogP contribution in [0.25, 0.3) is 17.0 Å². The van der Waals surface area contributed by atoms with Gasteiger partial charge in [0.05, 0.1) is 34.5 Å². The van der Waals surface area contributed by atoms with Gasteiger partial charge in [0.15, 0.2) is 17.1 Å². The second kappa shape index (κ2) is 9.98. The summed E-state index contributed by atoms with van der Waals surface area (Å²) in [5.74, 6) is -0.120. The average molecular weight is 564 g/mol. The third-order valence-electron chi connectivity index (χ3n) is 6.37. The summed E-state index contributed by atoms with van der Waals surface area (Å²) >= 11 is 0. The number of nitrogens with one attached hydrogen (secondary N) is 2. The summed E-state index contributed by atoms with van der Waals surface area (Å²) < 4.78 is 46.0. The highest BCUT2D eigenvalue weighted by Gasteiger charge is 2.36. The third kappa shape index (κ3) is 5.12. The summed E-state index contributed by atoms with van der Waals surface area (Å²) in [5.41, 5.74) is 0.285. The number of anilines is 1. The number of hydrogen-bond donors (Lipinski definition) is 2. The lowest BCUT2D eigenvalue weighted by Gasteiger charge is -2.32. The van der Waals surface area contributed by atoms with Crippen LogP contribution in [0.4, 0.5) is 5.69 Å². The van der Waals surface area contributed by atoms with Gasteiger partial charge in [0.2, 0.25) is 5.91 Å². The molecule has 207 valence electrons. The van der Waals surface area contributed by atoms with Gasteiger partial charge in [-0.2, -0.15) is 0 Å². The van der Waals surface area contributed by atoms with Crippen LogP contribution in [-0.4, -0.2) is 25.7 Å². The average Bonchev–Trinajstić information content (AvgIpc) is 2.86. The number of ketones is 1. The monoisotopic (exact) mass is 563 g/mol. The largest absolute Gasteiger partial charge is 0.482 e. The molecule has 0 atom stereocenters. The molecule has 1 amide bonds. The maximum atomic E-state index is 13.5. The van der Waals surface area contributed by atoms with Crippen molar-refractivity contribution in [1.82, 2.24) is 4.72 Å². The van der Waals surface area contributed by atoms with Gasteiger partial charge >= 0.3 is 5.63 Å². The molecule has 0 bridgehead atoms. The number of Topliss-reactive ketones (excluding diaryl/α,β-unsaturated/α-hetero) is 1. The number of amides is 1. The quantitative estimate of drug-likeness (QED) is 0.419. The Labute approximate surface area is 230 Å². The minimum Gasteiger partial charge on any atom is -0.482 e. The zero-order valence-electron chi connectivity index (χ0n) is 22.3. The topological polar surface area (TPSA) is 141 Å². The fourth-order valence-corrected chi connectivity index (χ4v) is 5.56. The van der Waals surface area contributed by atoms with Crippen molar-refractivity contribution in [3.63, 3.8) is 0 Å². The zero-order chi connectivity index (χ0) is 28.8. The Morgan fingerprint density at radius 2 is 1.88 bits per heavy atom. The minimum atomic E-state index is -4.02. The normalized spacial score (nSPS) is 16.6. The smallest absolute Gasteiger partial charge is 0.344 e. The summed E-state index contributed by atoms with van der Waals surface area (Å²) in [5, 5.41) is 3.07. The number of aryl methyl sites for hydroxylation is 1. The zero-order valence-corrected chi connectivity index (χ0v) is 23.2. The third-order valence-corrected chi connectivity index (χ3v) is 7.69. The van der Waals surface area contributed by atoms with Gasteiger partial charge in [-0.15, -0.1) is 0 Å². The molecule has 2 N–H and O–H groups in total. The van der Waals surface area contributed by atoms with E-state index in [0.717, 1.165) is 12.6 Å². The Morgan fingerprint density at radius 3 is 2.55 bits per heavy atom. The van der Waals surface area contributed by atoms with Crippen molar-refractivity contribution >= 4 is 44.4 Å². The van der Waals surface area contributed by atoms with Gasteiger partial charge < -0.3 is 19.2 Å². The number of fused-ring (bicyclic) bond motifs is 6. The van der Waals surface area contributed by atoms with Crippen LogP contribution < -0.4 is 25.1 Å². The Morgan fingerprint density at radius 1 is 1.15 bits per heavy atom. The summed E-state index contributed by atoms with van der Waals surface area (Å²) in [6.45, 7) is 7.05. The summed E-state index contributed by atoms with van der Waals surface area (Å²) in [7, 11) is -4.02. The SMILES string of the molecule is CCCc1[c]c(=O)oc2c3c(c4c(c12)OC(C)(C)C=C4)OC(=CNS(=O)(=O)c1ccc(NC(C)=O)cc1)CC3=O. The minimum absolute atomic E-state index is 0.0503. The van der Waals surface area contributed by atoms with E-state index in [-0.39, 0.29) is 39.9 Å². The first-order chi connectivity index (χ1) is 18.9. The maximum Gasteiger partial charge on any atom is 0.344 e. The fraction of sp³-hybridized carbons (Fsp3) is 0.276. The van der Waals surface area contributed by atoms with E-state index in [1.54, 1.807) is 6.08 Å². The lowest BCUT2D eigenvalue weighted by Crippen LogP contribution is -2.29. The van der Waals surface area contributed by atoms with Crippen LogP contribution in [0.5, 0.6) is 11.5 Å². The van der Waals surface area contributed by atoms with E-state index in [4.69, 9.17) is 13.9 Å². The van der Waals surface area contributed by atoms with Crippen molar-refractivity contribution in [2.75, 3.05) is 5.32 Å². The van der Waals surface area contributed by atoms with Gasteiger partial charge in [0.25, 0.3) is 10.0 Å². The van der Waals surface area contributed by atoms with E-state index in [2.05, 4.69) is 16.1 Å². The highest BCUT2D eigenvalue weighted by Crippen LogP contribution is 2.49. The molecule has 10 nitrogen and oxygen atoms in total. The van der Waals surface area contributed by atoms with Crippen molar-refractivity contribution in [2.24, 2.45) is 0 Å². The number of allylic oxidation sites excluding steroid dienone is 1. The molecule has 1 radical (unpaired) electrons. The maximum absolute atomic E-state index is 13.5. The molecule has 2 aromatic carbocycles. The lowest BCUT2D eigenvalue weighted by molar-refractivity contribution is -0.114. The van der Waals surface area contributed by atoms with Gasteiger partial charge in [-0.3, -0.25) is 14.3 Å². The second-order valence-corrected chi connectivity index (χ2v) is 11.8. The molecule has 2 aliphatic rings. The molecule has 0 aliphatic carbocycles. The standard InChI is InChI=1S/C29H27N2O8S/c1-5-6-17-13-23(34)38-28-24(17)27-21(11-12-29(3,4)39-27)26-25(28)22(33)14-19(37-26)15-30-40(35,36)20-9-7-18(8-10-20)31-16(2)32/h7-12,15,30H,5-6,14H2,1-4H3,(H,31,32). The Bertz CT molecular complexity index is 1780. The molecular formula is C29H27N2O8S. The van der Waals surface area contributed by atoms with Gasteiger partial charge in [-0.25, -0.2) is 13.2 Å². The predicted molar refractivity (Wildman–Crippen MR) is 148 cm³/mol. The first-order valence-corrected chi connectivity index (χ1v) is 14.1. The first kappa shape index (κ1) is 27.2. The number of rotatable bonds is 6. The molecule has 5 rings (SSSR count). The molecular weight excluding hydrogens is 536 g/mol. The van der Waals surface area contributed by atoms with E-state index < -0.39 is 27.0 Å². The lowest BCUT2D eigenvalue weighted by atomic mass is 9.90.